The number of hydrogen-bond donors (Lipinski definition) is 1. The van der Waals surface area contributed by atoms with Crippen molar-refractivity contribution in [2.75, 3.05) is 25.0 Å². The van der Waals surface area contributed by atoms with E-state index in [4.69, 9.17) is 4.74 Å². The Bertz CT molecular complexity index is 734. The second-order valence-electron chi connectivity index (χ2n) is 6.56. The number of ether oxygens (including phenoxy) is 1. The number of benzene rings is 1. The van der Waals surface area contributed by atoms with Crippen molar-refractivity contribution in [1.29, 1.82) is 0 Å². The van der Waals surface area contributed by atoms with Gasteiger partial charge in [-0.1, -0.05) is 0 Å². The van der Waals surface area contributed by atoms with Crippen molar-refractivity contribution in [1.82, 2.24) is 14.7 Å². The fourth-order valence-electron chi connectivity index (χ4n) is 3.17. The summed E-state index contributed by atoms with van der Waals surface area (Å²) in [6.07, 6.45) is 0.229. The predicted molar refractivity (Wildman–Crippen MR) is 93.3 cm³/mol. The highest BCUT2D eigenvalue weighted by molar-refractivity contribution is 5.91. The van der Waals surface area contributed by atoms with E-state index in [1.54, 1.807) is 22.9 Å². The van der Waals surface area contributed by atoms with E-state index in [9.17, 15) is 9.18 Å². The summed E-state index contributed by atoms with van der Waals surface area (Å²) in [6, 6.07) is 7.79. The average molecular weight is 346 g/mol. The molecule has 0 saturated carbocycles. The average Bonchev–Trinajstić information content (AvgIpc) is 2.87. The highest BCUT2D eigenvalue weighted by Crippen LogP contribution is 2.18. The summed E-state index contributed by atoms with van der Waals surface area (Å²) in [5.74, 6) is 0.154. The number of hydrogen-bond acceptors (Lipinski definition) is 4. The van der Waals surface area contributed by atoms with E-state index < -0.39 is 0 Å². The predicted octanol–water partition coefficient (Wildman–Crippen LogP) is 2.37. The van der Waals surface area contributed by atoms with Gasteiger partial charge >= 0.3 is 0 Å². The van der Waals surface area contributed by atoms with Gasteiger partial charge in [0, 0.05) is 19.2 Å². The molecule has 1 saturated heterocycles. The zero-order valence-electron chi connectivity index (χ0n) is 14.7. The summed E-state index contributed by atoms with van der Waals surface area (Å²) in [5.41, 5.74) is 1.46. The zero-order valence-corrected chi connectivity index (χ0v) is 14.7. The van der Waals surface area contributed by atoms with Crippen LogP contribution in [0, 0.1) is 12.7 Å². The highest BCUT2D eigenvalue weighted by Gasteiger charge is 2.24. The first kappa shape index (κ1) is 17.6. The minimum Gasteiger partial charge on any atom is -0.373 e. The summed E-state index contributed by atoms with van der Waals surface area (Å²) >= 11 is 0. The Kier molecular flexibility index (Phi) is 5.15. The molecule has 1 N–H and O–H groups in total. The van der Waals surface area contributed by atoms with Gasteiger partial charge in [0.2, 0.25) is 5.91 Å². The Morgan fingerprint density at radius 1 is 1.28 bits per heavy atom. The second kappa shape index (κ2) is 7.33. The number of amides is 1. The molecular formula is C18H23FN4O2. The number of carbonyl (C=O) groups is 1. The SMILES string of the molecule is Cc1cc(NC(=O)CN2C[C@@H](C)O[C@H](C)C2)n(-c2ccc(F)cc2)n1. The second-order valence-corrected chi connectivity index (χ2v) is 6.56. The van der Waals surface area contributed by atoms with E-state index in [1.165, 1.54) is 12.1 Å². The van der Waals surface area contributed by atoms with Gasteiger partial charge in [-0.05, 0) is 45.0 Å². The molecule has 7 heteroatoms. The van der Waals surface area contributed by atoms with Gasteiger partial charge in [-0.15, -0.1) is 0 Å². The first-order chi connectivity index (χ1) is 11.9. The lowest BCUT2D eigenvalue weighted by molar-refractivity contribution is -0.121. The van der Waals surface area contributed by atoms with E-state index in [2.05, 4.69) is 15.3 Å². The van der Waals surface area contributed by atoms with Gasteiger partial charge in [0.05, 0.1) is 30.1 Å². The van der Waals surface area contributed by atoms with Gasteiger partial charge in [-0.25, -0.2) is 9.07 Å². The maximum Gasteiger partial charge on any atom is 0.239 e. The van der Waals surface area contributed by atoms with Crippen molar-refractivity contribution in [3.05, 3.63) is 41.8 Å². The largest absolute Gasteiger partial charge is 0.373 e. The molecule has 1 aliphatic heterocycles. The number of aryl methyl sites for hydroxylation is 1. The molecule has 1 aliphatic rings. The number of aromatic nitrogens is 2. The summed E-state index contributed by atoms with van der Waals surface area (Å²) in [4.78, 5) is 14.5. The molecule has 2 aromatic rings. The van der Waals surface area contributed by atoms with E-state index in [0.29, 0.717) is 18.1 Å². The molecular weight excluding hydrogens is 323 g/mol. The third-order valence-corrected chi connectivity index (χ3v) is 4.03. The highest BCUT2D eigenvalue weighted by atomic mass is 19.1. The molecule has 0 radical (unpaired) electrons. The van der Waals surface area contributed by atoms with Crippen molar-refractivity contribution >= 4 is 11.7 Å². The third kappa shape index (κ3) is 4.43. The molecule has 0 aliphatic carbocycles. The zero-order chi connectivity index (χ0) is 18.0. The van der Waals surface area contributed by atoms with Crippen LogP contribution in [0.3, 0.4) is 0 Å². The topological polar surface area (TPSA) is 59.4 Å². The van der Waals surface area contributed by atoms with Crippen LogP contribution < -0.4 is 5.32 Å². The van der Waals surface area contributed by atoms with Gasteiger partial charge in [0.15, 0.2) is 0 Å². The van der Waals surface area contributed by atoms with Crippen molar-refractivity contribution in [2.24, 2.45) is 0 Å². The molecule has 1 amide bonds. The number of nitrogens with one attached hydrogen (secondary N) is 1. The van der Waals surface area contributed by atoms with Crippen LogP contribution in [0.1, 0.15) is 19.5 Å². The Morgan fingerprint density at radius 2 is 1.92 bits per heavy atom. The maximum atomic E-state index is 13.1. The Balaban J connectivity index is 1.70. The standard InChI is InChI=1S/C18H23FN4O2/c1-12-8-17(23(21-12)16-6-4-15(19)5-7-16)20-18(24)11-22-9-13(2)25-14(3)10-22/h4-8,13-14H,9-11H2,1-3H3,(H,20,24)/t13-,14-/m1/s1. The molecule has 0 spiro atoms. The smallest absolute Gasteiger partial charge is 0.239 e. The minimum absolute atomic E-state index is 0.107. The number of halogens is 1. The number of nitrogens with zero attached hydrogens (tertiary/aromatic N) is 3. The van der Waals surface area contributed by atoms with Crippen molar-refractivity contribution in [3.63, 3.8) is 0 Å². The van der Waals surface area contributed by atoms with Crippen LogP contribution in [0.25, 0.3) is 5.69 Å². The van der Waals surface area contributed by atoms with Crippen molar-refractivity contribution < 1.29 is 13.9 Å². The molecule has 134 valence electrons. The van der Waals surface area contributed by atoms with Gasteiger partial charge < -0.3 is 10.1 Å². The van der Waals surface area contributed by atoms with E-state index in [0.717, 1.165) is 18.8 Å². The molecule has 1 aromatic heterocycles. The van der Waals surface area contributed by atoms with Crippen molar-refractivity contribution in [3.8, 4) is 5.69 Å². The van der Waals surface area contributed by atoms with Crippen LogP contribution in [0.5, 0.6) is 0 Å². The number of carbonyl (C=O) groups excluding carboxylic acids is 1. The van der Waals surface area contributed by atoms with Gasteiger partial charge in [0.1, 0.15) is 11.6 Å². The minimum atomic E-state index is -0.311. The normalized spacial score (nSPS) is 21.3. The van der Waals surface area contributed by atoms with Gasteiger partial charge in [0.25, 0.3) is 0 Å². The third-order valence-electron chi connectivity index (χ3n) is 4.03. The fourth-order valence-corrected chi connectivity index (χ4v) is 3.17. The van der Waals surface area contributed by atoms with Gasteiger partial charge in [-0.2, -0.15) is 5.10 Å². The van der Waals surface area contributed by atoms with E-state index in [1.807, 2.05) is 20.8 Å². The Hall–Kier alpha value is -2.25. The molecule has 2 atom stereocenters. The lowest BCUT2D eigenvalue weighted by Crippen LogP contribution is -2.48. The first-order valence-corrected chi connectivity index (χ1v) is 8.41. The van der Waals surface area contributed by atoms with Crippen LogP contribution in [0.2, 0.25) is 0 Å². The number of rotatable bonds is 4. The van der Waals surface area contributed by atoms with Crippen LogP contribution in [-0.2, 0) is 9.53 Å². The fraction of sp³-hybridized carbons (Fsp3) is 0.444. The van der Waals surface area contributed by atoms with Crippen LogP contribution in [0.4, 0.5) is 10.2 Å². The molecule has 6 nitrogen and oxygen atoms in total. The molecule has 1 fully saturated rings. The summed E-state index contributed by atoms with van der Waals surface area (Å²) in [6.45, 7) is 7.62. The first-order valence-electron chi connectivity index (χ1n) is 8.41. The lowest BCUT2D eigenvalue weighted by atomic mass is 10.2. The molecule has 2 heterocycles. The summed E-state index contributed by atoms with van der Waals surface area (Å²) in [7, 11) is 0. The van der Waals surface area contributed by atoms with E-state index in [-0.39, 0.29) is 23.9 Å². The van der Waals surface area contributed by atoms with Gasteiger partial charge in [-0.3, -0.25) is 9.69 Å². The molecule has 0 bridgehead atoms. The molecule has 0 unspecified atom stereocenters. The molecule has 3 rings (SSSR count). The van der Waals surface area contributed by atoms with E-state index >= 15 is 0 Å². The molecule has 1 aromatic carbocycles. The monoisotopic (exact) mass is 346 g/mol. The quantitative estimate of drug-likeness (QED) is 0.923. The maximum absolute atomic E-state index is 13.1. The number of morpholine rings is 1. The Labute approximate surface area is 146 Å². The van der Waals surface area contributed by atoms with Crippen LogP contribution in [0.15, 0.2) is 30.3 Å². The lowest BCUT2D eigenvalue weighted by Gasteiger charge is -2.34. The van der Waals surface area contributed by atoms with Crippen molar-refractivity contribution in [2.45, 2.75) is 33.0 Å². The molecule has 25 heavy (non-hydrogen) atoms. The van der Waals surface area contributed by atoms with Crippen LogP contribution in [-0.4, -0.2) is 52.4 Å². The Morgan fingerprint density at radius 3 is 2.56 bits per heavy atom. The number of anilines is 1. The summed E-state index contributed by atoms with van der Waals surface area (Å²) in [5, 5.41) is 7.29. The van der Waals surface area contributed by atoms with Crippen LogP contribution >= 0.6 is 0 Å². The summed E-state index contributed by atoms with van der Waals surface area (Å²) < 4.78 is 20.4.